The Morgan fingerprint density at radius 3 is 3.15 bits per heavy atom. The topological polar surface area (TPSA) is 76.5 Å². The van der Waals surface area contributed by atoms with Gasteiger partial charge in [0, 0.05) is 31.5 Å². The molecule has 6 heteroatoms. The first kappa shape index (κ1) is 13.1. The average Bonchev–Trinajstić information content (AvgIpc) is 2.90. The molecule has 2 unspecified atom stereocenters. The van der Waals surface area contributed by atoms with Crippen LogP contribution in [0.1, 0.15) is 30.1 Å². The highest BCUT2D eigenvalue weighted by Crippen LogP contribution is 2.24. The van der Waals surface area contributed by atoms with Crippen LogP contribution in [0.2, 0.25) is 0 Å². The normalized spacial score (nSPS) is 23.2. The fraction of sp³-hybridized carbons (Fsp3) is 0.500. The summed E-state index contributed by atoms with van der Waals surface area (Å²) in [4.78, 5) is 18.7. The second-order valence-corrected chi connectivity index (χ2v) is 5.48. The van der Waals surface area contributed by atoms with Crippen LogP contribution in [0.25, 0.3) is 5.52 Å². The molecule has 3 heterocycles. The van der Waals surface area contributed by atoms with Gasteiger partial charge in [-0.25, -0.2) is 4.52 Å². The van der Waals surface area contributed by atoms with Crippen molar-refractivity contribution < 1.29 is 4.79 Å². The second-order valence-electron chi connectivity index (χ2n) is 5.48. The van der Waals surface area contributed by atoms with Crippen molar-refractivity contribution in [2.24, 2.45) is 11.7 Å². The zero-order chi connectivity index (χ0) is 14.1. The minimum atomic E-state index is 0.00958. The number of carbonyl (C=O) groups excluding carboxylic acids is 1. The van der Waals surface area contributed by atoms with Crippen LogP contribution in [0.3, 0.4) is 0 Å². The number of amides is 1. The van der Waals surface area contributed by atoms with Gasteiger partial charge in [-0.15, -0.1) is 0 Å². The van der Waals surface area contributed by atoms with E-state index in [9.17, 15) is 4.79 Å². The standard InChI is InChI=1S/C14H19N5O/c1-10-2-4-18(11(6-10)7-15)14(20)12-8-17-19-5-3-16-9-13(12)19/h3,5,8-11H,2,4,6-7,15H2,1H3. The molecule has 2 aromatic heterocycles. The molecular weight excluding hydrogens is 254 g/mol. The van der Waals surface area contributed by atoms with Crippen molar-refractivity contribution in [2.75, 3.05) is 13.1 Å². The third kappa shape index (κ3) is 2.16. The lowest BCUT2D eigenvalue weighted by atomic mass is 9.92. The van der Waals surface area contributed by atoms with E-state index in [1.54, 1.807) is 29.3 Å². The molecule has 1 fully saturated rings. The van der Waals surface area contributed by atoms with E-state index < -0.39 is 0 Å². The SMILES string of the molecule is CC1CCN(C(=O)c2cnn3ccncc23)C(CN)C1. The predicted molar refractivity (Wildman–Crippen MR) is 75.3 cm³/mol. The van der Waals surface area contributed by atoms with Gasteiger partial charge in [0.2, 0.25) is 0 Å². The number of nitrogens with two attached hydrogens (primary N) is 1. The molecule has 1 saturated heterocycles. The molecule has 0 aliphatic carbocycles. The largest absolute Gasteiger partial charge is 0.334 e. The summed E-state index contributed by atoms with van der Waals surface area (Å²) in [5.74, 6) is 0.633. The number of carbonyl (C=O) groups is 1. The molecule has 106 valence electrons. The Balaban J connectivity index is 1.91. The number of nitrogens with zero attached hydrogens (tertiary/aromatic N) is 4. The van der Waals surface area contributed by atoms with Crippen molar-refractivity contribution >= 4 is 11.4 Å². The summed E-state index contributed by atoms with van der Waals surface area (Å²) in [6.45, 7) is 3.48. The molecule has 2 N–H and O–H groups in total. The molecule has 0 saturated carbocycles. The Labute approximate surface area is 117 Å². The first-order valence-electron chi connectivity index (χ1n) is 6.99. The van der Waals surface area contributed by atoms with Crippen molar-refractivity contribution in [3.05, 3.63) is 30.4 Å². The van der Waals surface area contributed by atoms with Crippen LogP contribution in [0.15, 0.2) is 24.8 Å². The molecule has 6 nitrogen and oxygen atoms in total. The fourth-order valence-corrected chi connectivity index (χ4v) is 2.90. The highest BCUT2D eigenvalue weighted by atomic mass is 16.2. The van der Waals surface area contributed by atoms with Gasteiger partial charge in [-0.2, -0.15) is 5.10 Å². The molecule has 0 bridgehead atoms. The predicted octanol–water partition coefficient (Wildman–Crippen LogP) is 0.929. The first-order valence-corrected chi connectivity index (χ1v) is 6.99. The van der Waals surface area contributed by atoms with Crippen molar-refractivity contribution in [2.45, 2.75) is 25.8 Å². The molecule has 2 atom stereocenters. The maximum Gasteiger partial charge on any atom is 0.258 e. The highest BCUT2D eigenvalue weighted by Gasteiger charge is 2.30. The summed E-state index contributed by atoms with van der Waals surface area (Å²) < 4.78 is 1.67. The molecule has 0 spiro atoms. The molecule has 1 aliphatic rings. The van der Waals surface area contributed by atoms with Gasteiger partial charge in [-0.3, -0.25) is 9.78 Å². The van der Waals surface area contributed by atoms with E-state index in [0.717, 1.165) is 24.9 Å². The molecule has 3 rings (SSSR count). The number of rotatable bonds is 2. The van der Waals surface area contributed by atoms with E-state index in [0.29, 0.717) is 18.0 Å². The minimum absolute atomic E-state index is 0.00958. The van der Waals surface area contributed by atoms with Gasteiger partial charge in [0.25, 0.3) is 5.91 Å². The lowest BCUT2D eigenvalue weighted by Gasteiger charge is -2.37. The summed E-state index contributed by atoms with van der Waals surface area (Å²) in [6, 6.07) is 0.123. The first-order chi connectivity index (χ1) is 9.70. The van der Waals surface area contributed by atoms with E-state index in [-0.39, 0.29) is 11.9 Å². The molecular formula is C14H19N5O. The summed E-state index contributed by atoms with van der Waals surface area (Å²) in [7, 11) is 0. The van der Waals surface area contributed by atoms with E-state index in [1.807, 2.05) is 4.90 Å². The molecule has 1 aliphatic heterocycles. The Morgan fingerprint density at radius 2 is 2.35 bits per heavy atom. The smallest absolute Gasteiger partial charge is 0.258 e. The lowest BCUT2D eigenvalue weighted by Crippen LogP contribution is -2.49. The maximum atomic E-state index is 12.7. The van der Waals surface area contributed by atoms with E-state index in [1.165, 1.54) is 0 Å². The quantitative estimate of drug-likeness (QED) is 0.883. The van der Waals surface area contributed by atoms with Crippen LogP contribution in [0.5, 0.6) is 0 Å². The van der Waals surface area contributed by atoms with Crippen molar-refractivity contribution in [3.63, 3.8) is 0 Å². The van der Waals surface area contributed by atoms with E-state index in [4.69, 9.17) is 5.73 Å². The number of likely N-dealkylation sites (tertiary alicyclic amines) is 1. The number of aromatic nitrogens is 3. The van der Waals surface area contributed by atoms with Crippen LogP contribution in [-0.4, -0.2) is 44.5 Å². The number of hydrogen-bond acceptors (Lipinski definition) is 4. The van der Waals surface area contributed by atoms with Crippen molar-refractivity contribution in [1.29, 1.82) is 0 Å². The molecule has 0 radical (unpaired) electrons. The molecule has 2 aromatic rings. The number of piperidine rings is 1. The van der Waals surface area contributed by atoms with Gasteiger partial charge >= 0.3 is 0 Å². The fourth-order valence-electron chi connectivity index (χ4n) is 2.90. The third-order valence-electron chi connectivity index (χ3n) is 4.07. The Bertz CT molecular complexity index is 623. The monoisotopic (exact) mass is 273 g/mol. The van der Waals surface area contributed by atoms with E-state index in [2.05, 4.69) is 17.0 Å². The van der Waals surface area contributed by atoms with Crippen LogP contribution >= 0.6 is 0 Å². The Hall–Kier alpha value is -1.95. The van der Waals surface area contributed by atoms with Crippen LogP contribution in [0, 0.1) is 5.92 Å². The second kappa shape index (κ2) is 5.20. The van der Waals surface area contributed by atoms with Gasteiger partial charge in [0.15, 0.2) is 0 Å². The summed E-state index contributed by atoms with van der Waals surface area (Å²) in [6.07, 6.45) is 8.68. The minimum Gasteiger partial charge on any atom is -0.334 e. The zero-order valence-corrected chi connectivity index (χ0v) is 11.6. The van der Waals surface area contributed by atoms with Gasteiger partial charge < -0.3 is 10.6 Å². The van der Waals surface area contributed by atoms with Gasteiger partial charge in [-0.05, 0) is 18.8 Å². The number of fused-ring (bicyclic) bond motifs is 1. The van der Waals surface area contributed by atoms with Crippen molar-refractivity contribution in [3.8, 4) is 0 Å². The molecule has 1 amide bonds. The van der Waals surface area contributed by atoms with Gasteiger partial charge in [0.05, 0.1) is 23.5 Å². The van der Waals surface area contributed by atoms with Crippen molar-refractivity contribution in [1.82, 2.24) is 19.5 Å². The molecule has 0 aromatic carbocycles. The third-order valence-corrected chi connectivity index (χ3v) is 4.07. The summed E-state index contributed by atoms with van der Waals surface area (Å²) in [5, 5.41) is 4.20. The molecule has 20 heavy (non-hydrogen) atoms. The van der Waals surface area contributed by atoms with Crippen LogP contribution in [-0.2, 0) is 0 Å². The maximum absolute atomic E-state index is 12.7. The van der Waals surface area contributed by atoms with Crippen LogP contribution < -0.4 is 5.73 Å². The number of hydrogen-bond donors (Lipinski definition) is 1. The van der Waals surface area contributed by atoms with Gasteiger partial charge in [0.1, 0.15) is 0 Å². The van der Waals surface area contributed by atoms with Crippen LogP contribution in [0.4, 0.5) is 0 Å². The summed E-state index contributed by atoms with van der Waals surface area (Å²) in [5.41, 5.74) is 7.18. The zero-order valence-electron chi connectivity index (χ0n) is 11.6. The lowest BCUT2D eigenvalue weighted by molar-refractivity contribution is 0.0575. The summed E-state index contributed by atoms with van der Waals surface area (Å²) >= 11 is 0. The van der Waals surface area contributed by atoms with Gasteiger partial charge in [-0.1, -0.05) is 6.92 Å². The average molecular weight is 273 g/mol. The Morgan fingerprint density at radius 1 is 1.50 bits per heavy atom. The Kier molecular flexibility index (Phi) is 3.40. The highest BCUT2D eigenvalue weighted by molar-refractivity contribution is 6.00. The van der Waals surface area contributed by atoms with E-state index >= 15 is 0 Å².